The Balaban J connectivity index is 0.000000960. The fourth-order valence-electron chi connectivity index (χ4n) is 2.53. The number of benzene rings is 1. The molecule has 1 N–H and O–H groups in total. The predicted octanol–water partition coefficient (Wildman–Crippen LogP) is 3.98. The Labute approximate surface area is 147 Å². The number of aliphatic imine (C=N–C) groups is 1. The highest BCUT2D eigenvalue weighted by Gasteiger charge is 2.18. The van der Waals surface area contributed by atoms with Gasteiger partial charge in [0.2, 0.25) is 0 Å². The lowest BCUT2D eigenvalue weighted by Gasteiger charge is -2.24. The van der Waals surface area contributed by atoms with Crippen molar-refractivity contribution in [1.82, 2.24) is 14.9 Å². The number of halogens is 1. The zero-order chi connectivity index (χ0) is 14.1. The highest BCUT2D eigenvalue weighted by Crippen LogP contribution is 2.42. The van der Waals surface area contributed by atoms with Crippen molar-refractivity contribution in [1.29, 1.82) is 0 Å². The Hall–Kier alpha value is -1.79. The van der Waals surface area contributed by atoms with E-state index in [-0.39, 0.29) is 19.8 Å². The fraction of sp³-hybridized carbons (Fsp3) is 0.312. The normalized spacial score (nSPS) is 14.7. The Morgan fingerprint density at radius 2 is 2.09 bits per heavy atom. The highest BCUT2D eigenvalue weighted by molar-refractivity contribution is 7.99. The first-order chi connectivity index (χ1) is 10.4. The second-order valence-corrected chi connectivity index (χ2v) is 6.14. The van der Waals surface area contributed by atoms with Crippen LogP contribution in [0.4, 0.5) is 11.5 Å². The minimum absolute atomic E-state index is 0. The van der Waals surface area contributed by atoms with E-state index in [0.717, 1.165) is 42.6 Å². The van der Waals surface area contributed by atoms with Crippen LogP contribution in [0.25, 0.3) is 0 Å². The summed E-state index contributed by atoms with van der Waals surface area (Å²) in [6.45, 7) is 2.93. The summed E-state index contributed by atoms with van der Waals surface area (Å²) < 4.78 is 0. The molecule has 0 amide bonds. The molecule has 3 heterocycles. The zero-order valence-corrected chi connectivity index (χ0v) is 13.5. The topological polar surface area (TPSA) is 53.4 Å². The molecule has 0 saturated carbocycles. The van der Waals surface area contributed by atoms with Gasteiger partial charge in [-0.1, -0.05) is 25.3 Å². The standard InChI is InChI=1S/C15H15N5S.CH4.ClH/c1-4-16-10-20(7-1)9-11-2-3-13-12(8-11)19-14-15(21-13)18-6-5-17-14;;/h2-3,5-6,8,10H,1,4,7,9H2,(H,17,19);1H4;1H. The minimum atomic E-state index is 0. The third-order valence-corrected chi connectivity index (χ3v) is 4.60. The van der Waals surface area contributed by atoms with Gasteiger partial charge in [-0.2, -0.15) is 0 Å². The van der Waals surface area contributed by atoms with Gasteiger partial charge in [0.15, 0.2) is 5.82 Å². The lowest BCUT2D eigenvalue weighted by atomic mass is 10.1. The molecule has 0 atom stereocenters. The van der Waals surface area contributed by atoms with Gasteiger partial charge in [-0.15, -0.1) is 12.4 Å². The van der Waals surface area contributed by atoms with E-state index in [4.69, 9.17) is 0 Å². The average Bonchev–Trinajstić information content (AvgIpc) is 2.54. The van der Waals surface area contributed by atoms with E-state index in [9.17, 15) is 0 Å². The molecule has 1 aromatic carbocycles. The summed E-state index contributed by atoms with van der Waals surface area (Å²) in [7, 11) is 0. The number of rotatable bonds is 2. The second-order valence-electron chi connectivity index (χ2n) is 5.11. The quantitative estimate of drug-likeness (QED) is 0.758. The SMILES string of the molecule is C.C1=NCCCN1Cc1ccc2c(c1)Nc1nccnc1S2.Cl. The van der Waals surface area contributed by atoms with Gasteiger partial charge >= 0.3 is 0 Å². The van der Waals surface area contributed by atoms with Crippen LogP contribution in [-0.4, -0.2) is 34.3 Å². The summed E-state index contributed by atoms with van der Waals surface area (Å²) in [6.07, 6.45) is 6.54. The molecule has 0 saturated heterocycles. The molecule has 0 bridgehead atoms. The summed E-state index contributed by atoms with van der Waals surface area (Å²) in [5, 5.41) is 4.30. The van der Waals surface area contributed by atoms with E-state index in [2.05, 4.69) is 43.4 Å². The van der Waals surface area contributed by atoms with Crippen molar-refractivity contribution >= 4 is 42.0 Å². The number of nitrogens with one attached hydrogen (secondary N) is 1. The van der Waals surface area contributed by atoms with Crippen LogP contribution in [0.2, 0.25) is 0 Å². The van der Waals surface area contributed by atoms with Gasteiger partial charge < -0.3 is 10.2 Å². The Bertz CT molecular complexity index is 707. The van der Waals surface area contributed by atoms with Crippen LogP contribution in [-0.2, 0) is 6.54 Å². The molecular formula is C16H20ClN5S. The first-order valence-electron chi connectivity index (χ1n) is 7.01. The van der Waals surface area contributed by atoms with Crippen molar-refractivity contribution in [3.05, 3.63) is 36.2 Å². The Kier molecular flexibility index (Phi) is 5.85. The van der Waals surface area contributed by atoms with E-state index < -0.39 is 0 Å². The monoisotopic (exact) mass is 349 g/mol. The van der Waals surface area contributed by atoms with Gasteiger partial charge in [-0.3, -0.25) is 4.99 Å². The van der Waals surface area contributed by atoms with Crippen LogP contribution in [0.15, 0.2) is 45.5 Å². The number of fused-ring (bicyclic) bond motifs is 2. The third kappa shape index (κ3) is 3.76. The van der Waals surface area contributed by atoms with Gasteiger partial charge in [0.25, 0.3) is 0 Å². The van der Waals surface area contributed by atoms with Gasteiger partial charge in [-0.25, -0.2) is 9.97 Å². The molecule has 5 nitrogen and oxygen atoms in total. The molecule has 7 heteroatoms. The smallest absolute Gasteiger partial charge is 0.163 e. The van der Waals surface area contributed by atoms with Crippen LogP contribution in [0, 0.1) is 0 Å². The molecule has 2 aliphatic rings. The van der Waals surface area contributed by atoms with Crippen molar-refractivity contribution in [2.75, 3.05) is 18.4 Å². The van der Waals surface area contributed by atoms with Crippen molar-refractivity contribution in [3.63, 3.8) is 0 Å². The van der Waals surface area contributed by atoms with E-state index in [0.29, 0.717) is 0 Å². The molecule has 0 unspecified atom stereocenters. The molecule has 4 rings (SSSR count). The van der Waals surface area contributed by atoms with Crippen LogP contribution in [0.1, 0.15) is 19.4 Å². The van der Waals surface area contributed by atoms with E-state index in [1.165, 1.54) is 10.5 Å². The summed E-state index contributed by atoms with van der Waals surface area (Å²) in [4.78, 5) is 16.5. The first-order valence-corrected chi connectivity index (χ1v) is 7.83. The maximum absolute atomic E-state index is 4.35. The fourth-order valence-corrected chi connectivity index (χ4v) is 3.41. The van der Waals surface area contributed by atoms with Crippen LogP contribution < -0.4 is 5.32 Å². The van der Waals surface area contributed by atoms with Gasteiger partial charge in [0.1, 0.15) is 5.03 Å². The second kappa shape index (κ2) is 7.66. The lowest BCUT2D eigenvalue weighted by molar-refractivity contribution is 0.401. The molecule has 122 valence electrons. The van der Waals surface area contributed by atoms with Gasteiger partial charge in [0, 0.05) is 36.9 Å². The maximum atomic E-state index is 4.35. The average molecular weight is 350 g/mol. The van der Waals surface area contributed by atoms with Crippen molar-refractivity contribution < 1.29 is 0 Å². The van der Waals surface area contributed by atoms with Crippen molar-refractivity contribution in [3.8, 4) is 0 Å². The maximum Gasteiger partial charge on any atom is 0.163 e. The summed E-state index contributed by atoms with van der Waals surface area (Å²) >= 11 is 1.66. The van der Waals surface area contributed by atoms with Crippen molar-refractivity contribution in [2.24, 2.45) is 4.99 Å². The number of nitrogens with zero attached hydrogens (tertiary/aromatic N) is 4. The Morgan fingerprint density at radius 1 is 1.22 bits per heavy atom. The third-order valence-electron chi connectivity index (χ3n) is 3.53. The molecule has 0 radical (unpaired) electrons. The van der Waals surface area contributed by atoms with E-state index in [1.54, 1.807) is 24.2 Å². The molecule has 0 spiro atoms. The van der Waals surface area contributed by atoms with Crippen LogP contribution in [0.3, 0.4) is 0 Å². The zero-order valence-electron chi connectivity index (χ0n) is 11.9. The minimum Gasteiger partial charge on any atom is -0.359 e. The molecule has 23 heavy (non-hydrogen) atoms. The number of aromatic nitrogens is 2. The molecule has 2 aliphatic heterocycles. The summed E-state index contributed by atoms with van der Waals surface area (Å²) in [5.74, 6) is 0.840. The van der Waals surface area contributed by atoms with E-state index in [1.807, 2.05) is 6.34 Å². The first kappa shape index (κ1) is 17.6. The molecule has 0 aliphatic carbocycles. The van der Waals surface area contributed by atoms with Gasteiger partial charge in [0.05, 0.1) is 12.0 Å². The Morgan fingerprint density at radius 3 is 2.91 bits per heavy atom. The van der Waals surface area contributed by atoms with Gasteiger partial charge in [-0.05, 0) is 24.1 Å². The summed E-state index contributed by atoms with van der Waals surface area (Å²) in [6, 6.07) is 6.53. The van der Waals surface area contributed by atoms with Crippen LogP contribution >= 0.6 is 24.2 Å². The highest BCUT2D eigenvalue weighted by atomic mass is 35.5. The summed E-state index contributed by atoms with van der Waals surface area (Å²) in [5.41, 5.74) is 2.39. The number of hydrogen-bond donors (Lipinski definition) is 1. The molecule has 1 aromatic heterocycles. The van der Waals surface area contributed by atoms with Crippen LogP contribution in [0.5, 0.6) is 0 Å². The van der Waals surface area contributed by atoms with Crippen molar-refractivity contribution in [2.45, 2.75) is 30.3 Å². The lowest BCUT2D eigenvalue weighted by Crippen LogP contribution is -2.26. The predicted molar refractivity (Wildman–Crippen MR) is 98.2 cm³/mol. The molecule has 0 fully saturated rings. The largest absolute Gasteiger partial charge is 0.359 e. The molecular weight excluding hydrogens is 330 g/mol. The number of hydrogen-bond acceptors (Lipinski definition) is 6. The number of anilines is 2. The molecule has 2 aromatic rings. The van der Waals surface area contributed by atoms with E-state index >= 15 is 0 Å².